The quantitative estimate of drug-likeness (QED) is 0.861. The first-order valence-corrected chi connectivity index (χ1v) is 4.85. The van der Waals surface area contributed by atoms with Crippen molar-refractivity contribution in [2.75, 3.05) is 11.9 Å². The molecular formula is C11H14ClFN2O. The first-order chi connectivity index (χ1) is 7.03. The molecule has 1 fully saturated rings. The Morgan fingerprint density at radius 1 is 1.38 bits per heavy atom. The summed E-state index contributed by atoms with van der Waals surface area (Å²) in [7, 11) is 1.66. The normalized spacial score (nSPS) is 16.2. The summed E-state index contributed by atoms with van der Waals surface area (Å²) in [5.41, 5.74) is 5.78. The van der Waals surface area contributed by atoms with E-state index in [2.05, 4.69) is 0 Å². The Bertz CT molecular complexity index is 389. The Morgan fingerprint density at radius 2 is 1.88 bits per heavy atom. The Balaban J connectivity index is 0.00000128. The van der Waals surface area contributed by atoms with E-state index in [1.165, 1.54) is 17.0 Å². The van der Waals surface area contributed by atoms with Gasteiger partial charge in [-0.05, 0) is 37.1 Å². The number of hydrogen-bond acceptors (Lipinski definition) is 2. The van der Waals surface area contributed by atoms with Gasteiger partial charge in [0.15, 0.2) is 0 Å². The van der Waals surface area contributed by atoms with Crippen LogP contribution in [0.25, 0.3) is 0 Å². The van der Waals surface area contributed by atoms with Gasteiger partial charge in [0.2, 0.25) is 5.91 Å². The average Bonchev–Trinajstić information content (AvgIpc) is 2.97. The molecule has 1 aliphatic carbocycles. The van der Waals surface area contributed by atoms with Crippen LogP contribution < -0.4 is 10.6 Å². The second-order valence-corrected chi connectivity index (χ2v) is 4.00. The molecule has 1 aromatic carbocycles. The lowest BCUT2D eigenvalue weighted by molar-refractivity contribution is -0.120. The van der Waals surface area contributed by atoms with E-state index in [0.717, 1.165) is 12.8 Å². The molecule has 1 aliphatic rings. The molecule has 5 heteroatoms. The van der Waals surface area contributed by atoms with Crippen LogP contribution in [0.2, 0.25) is 0 Å². The van der Waals surface area contributed by atoms with Crippen LogP contribution >= 0.6 is 12.4 Å². The molecule has 0 radical (unpaired) electrons. The molecule has 0 aromatic heterocycles. The third kappa shape index (κ3) is 2.33. The predicted molar refractivity (Wildman–Crippen MR) is 63.2 cm³/mol. The monoisotopic (exact) mass is 244 g/mol. The number of likely N-dealkylation sites (N-methyl/N-ethyl adjacent to an activating group) is 1. The maximum Gasteiger partial charge on any atom is 0.246 e. The van der Waals surface area contributed by atoms with E-state index in [4.69, 9.17) is 5.73 Å². The van der Waals surface area contributed by atoms with E-state index < -0.39 is 5.54 Å². The minimum atomic E-state index is -0.677. The van der Waals surface area contributed by atoms with Gasteiger partial charge < -0.3 is 10.6 Å². The maximum absolute atomic E-state index is 12.7. The number of hydrogen-bond donors (Lipinski definition) is 1. The number of carbonyl (C=O) groups is 1. The molecule has 0 saturated heterocycles. The molecule has 2 N–H and O–H groups in total. The molecule has 1 amide bonds. The van der Waals surface area contributed by atoms with Crippen molar-refractivity contribution in [3.05, 3.63) is 30.1 Å². The van der Waals surface area contributed by atoms with Crippen LogP contribution in [0.3, 0.4) is 0 Å². The third-order valence-electron chi connectivity index (χ3n) is 2.73. The van der Waals surface area contributed by atoms with Gasteiger partial charge in [-0.25, -0.2) is 4.39 Å². The molecular weight excluding hydrogens is 231 g/mol. The Labute approximate surface area is 99.8 Å². The molecule has 1 saturated carbocycles. The number of nitrogens with two attached hydrogens (primary N) is 1. The molecule has 0 atom stereocenters. The molecule has 3 nitrogen and oxygen atoms in total. The van der Waals surface area contributed by atoms with Gasteiger partial charge in [0, 0.05) is 12.7 Å². The van der Waals surface area contributed by atoms with E-state index in [0.29, 0.717) is 5.69 Å². The largest absolute Gasteiger partial charge is 0.317 e. The number of benzene rings is 1. The van der Waals surface area contributed by atoms with Crippen molar-refractivity contribution in [3.63, 3.8) is 0 Å². The van der Waals surface area contributed by atoms with Crippen LogP contribution in [0.15, 0.2) is 24.3 Å². The zero-order chi connectivity index (χ0) is 11.1. The standard InChI is InChI=1S/C11H13FN2O.ClH/c1-14(10(15)11(13)6-7-11)9-4-2-8(12)3-5-9;/h2-5H,6-7,13H2,1H3;1H. The summed E-state index contributed by atoms with van der Waals surface area (Å²) in [4.78, 5) is 13.3. The summed E-state index contributed by atoms with van der Waals surface area (Å²) in [5, 5.41) is 0. The Morgan fingerprint density at radius 3 is 2.31 bits per heavy atom. The van der Waals surface area contributed by atoms with Gasteiger partial charge in [-0.1, -0.05) is 0 Å². The smallest absolute Gasteiger partial charge is 0.246 e. The van der Waals surface area contributed by atoms with Crippen LogP contribution in [-0.2, 0) is 4.79 Å². The van der Waals surface area contributed by atoms with Gasteiger partial charge in [-0.3, -0.25) is 4.79 Å². The first-order valence-electron chi connectivity index (χ1n) is 4.85. The molecule has 0 spiro atoms. The van der Waals surface area contributed by atoms with Crippen molar-refractivity contribution in [2.24, 2.45) is 5.73 Å². The highest BCUT2D eigenvalue weighted by molar-refractivity contribution is 6.01. The molecule has 0 aliphatic heterocycles. The highest BCUT2D eigenvalue weighted by Gasteiger charge is 2.47. The highest BCUT2D eigenvalue weighted by atomic mass is 35.5. The molecule has 88 valence electrons. The Hall–Kier alpha value is -1.13. The summed E-state index contributed by atoms with van der Waals surface area (Å²) in [5.74, 6) is -0.414. The minimum absolute atomic E-state index is 0. The van der Waals surface area contributed by atoms with Crippen LogP contribution in [0, 0.1) is 5.82 Å². The van der Waals surface area contributed by atoms with E-state index in [-0.39, 0.29) is 24.1 Å². The molecule has 1 aromatic rings. The number of carbonyl (C=O) groups excluding carboxylic acids is 1. The van der Waals surface area contributed by atoms with Crippen molar-refractivity contribution < 1.29 is 9.18 Å². The summed E-state index contributed by atoms with van der Waals surface area (Å²) in [6.45, 7) is 0. The molecule has 16 heavy (non-hydrogen) atoms. The average molecular weight is 245 g/mol. The van der Waals surface area contributed by atoms with E-state index in [9.17, 15) is 9.18 Å². The van der Waals surface area contributed by atoms with Crippen molar-refractivity contribution in [1.82, 2.24) is 0 Å². The fourth-order valence-corrected chi connectivity index (χ4v) is 1.46. The summed E-state index contributed by atoms with van der Waals surface area (Å²) >= 11 is 0. The molecule has 0 heterocycles. The fourth-order valence-electron chi connectivity index (χ4n) is 1.46. The zero-order valence-electron chi connectivity index (χ0n) is 8.94. The van der Waals surface area contributed by atoms with Crippen molar-refractivity contribution >= 4 is 24.0 Å². The van der Waals surface area contributed by atoms with Gasteiger partial charge in [0.05, 0.1) is 5.54 Å². The van der Waals surface area contributed by atoms with Crippen LogP contribution in [-0.4, -0.2) is 18.5 Å². The highest BCUT2D eigenvalue weighted by Crippen LogP contribution is 2.34. The second kappa shape index (κ2) is 4.39. The van der Waals surface area contributed by atoms with Gasteiger partial charge >= 0.3 is 0 Å². The fraction of sp³-hybridized carbons (Fsp3) is 0.364. The van der Waals surface area contributed by atoms with Crippen LogP contribution in [0.1, 0.15) is 12.8 Å². The summed E-state index contributed by atoms with van der Waals surface area (Å²) in [6, 6.07) is 5.79. The van der Waals surface area contributed by atoms with Gasteiger partial charge in [0.25, 0.3) is 0 Å². The number of nitrogens with zero attached hydrogens (tertiary/aromatic N) is 1. The lowest BCUT2D eigenvalue weighted by atomic mass is 10.2. The minimum Gasteiger partial charge on any atom is -0.317 e. The summed E-state index contributed by atoms with van der Waals surface area (Å²) < 4.78 is 12.7. The third-order valence-corrected chi connectivity index (χ3v) is 2.73. The number of rotatable bonds is 2. The van der Waals surface area contributed by atoms with Crippen LogP contribution in [0.5, 0.6) is 0 Å². The van der Waals surface area contributed by atoms with Gasteiger partial charge in [0.1, 0.15) is 5.82 Å². The van der Waals surface area contributed by atoms with Crippen molar-refractivity contribution in [2.45, 2.75) is 18.4 Å². The van der Waals surface area contributed by atoms with E-state index in [1.807, 2.05) is 0 Å². The summed E-state index contributed by atoms with van der Waals surface area (Å²) in [6.07, 6.45) is 1.47. The van der Waals surface area contributed by atoms with Gasteiger partial charge in [-0.2, -0.15) is 0 Å². The SMILES string of the molecule is CN(C(=O)C1(N)CC1)c1ccc(F)cc1.Cl. The second-order valence-electron chi connectivity index (χ2n) is 4.00. The predicted octanol–water partition coefficient (Wildman–Crippen LogP) is 1.70. The van der Waals surface area contributed by atoms with Gasteiger partial charge in [-0.15, -0.1) is 12.4 Å². The number of amides is 1. The zero-order valence-corrected chi connectivity index (χ0v) is 9.76. The lowest BCUT2D eigenvalue weighted by Crippen LogP contribution is -2.43. The van der Waals surface area contributed by atoms with Crippen molar-refractivity contribution in [3.8, 4) is 0 Å². The van der Waals surface area contributed by atoms with Crippen LogP contribution in [0.4, 0.5) is 10.1 Å². The van der Waals surface area contributed by atoms with E-state index >= 15 is 0 Å². The number of anilines is 1. The molecule has 2 rings (SSSR count). The van der Waals surface area contributed by atoms with Crippen molar-refractivity contribution in [1.29, 1.82) is 0 Å². The lowest BCUT2D eigenvalue weighted by Gasteiger charge is -2.20. The Kier molecular flexibility index (Phi) is 3.55. The van der Waals surface area contributed by atoms with E-state index in [1.54, 1.807) is 19.2 Å². The topological polar surface area (TPSA) is 46.3 Å². The molecule has 0 unspecified atom stereocenters. The maximum atomic E-state index is 12.7. The first kappa shape index (κ1) is 12.9. The number of halogens is 2. The molecule has 0 bridgehead atoms.